The minimum absolute atomic E-state index is 0.272. The Morgan fingerprint density at radius 2 is 2.06 bits per heavy atom. The molecule has 0 aliphatic carbocycles. The van der Waals surface area contributed by atoms with Crippen molar-refractivity contribution in [3.63, 3.8) is 0 Å². The van der Waals surface area contributed by atoms with Crippen LogP contribution in [-0.4, -0.2) is 25.8 Å². The molecular weight excluding hydrogens is 304 g/mol. The van der Waals surface area contributed by atoms with Gasteiger partial charge >= 0.3 is 0 Å². The fourth-order valence-corrected chi connectivity index (χ4v) is 3.62. The minimum atomic E-state index is -3.40. The van der Waals surface area contributed by atoms with E-state index in [1.54, 1.807) is 12.1 Å². The molecule has 4 nitrogen and oxygen atoms in total. The van der Waals surface area contributed by atoms with Gasteiger partial charge < -0.3 is 5.73 Å². The Morgan fingerprint density at radius 3 is 2.65 bits per heavy atom. The number of nitrogens with zero attached hydrogens (tertiary/aromatic N) is 1. The highest BCUT2D eigenvalue weighted by atomic mass is 79.9. The van der Waals surface area contributed by atoms with E-state index in [0.717, 1.165) is 6.42 Å². The van der Waals surface area contributed by atoms with Crippen LogP contribution in [0.25, 0.3) is 0 Å². The van der Waals surface area contributed by atoms with Crippen molar-refractivity contribution >= 4 is 31.6 Å². The van der Waals surface area contributed by atoms with Crippen molar-refractivity contribution in [3.05, 3.63) is 34.8 Å². The van der Waals surface area contributed by atoms with Gasteiger partial charge in [-0.05, 0) is 40.5 Å². The van der Waals surface area contributed by atoms with Crippen LogP contribution < -0.4 is 5.73 Å². The maximum absolute atomic E-state index is 12.3. The summed E-state index contributed by atoms with van der Waals surface area (Å²) in [4.78, 5) is 0.272. The molecule has 0 unspecified atom stereocenters. The Labute approximate surface area is 109 Å². The zero-order valence-electron chi connectivity index (χ0n) is 9.14. The minimum Gasteiger partial charge on any atom is -0.398 e. The standard InChI is InChI=1S/C11H13BrN2O2S/c12-10-8-9(4-5-11(10)13)17(15,16)14-6-2-1-3-7-14/h1-2,4-5,8H,3,6-7,13H2. The highest BCUT2D eigenvalue weighted by Gasteiger charge is 2.24. The summed E-state index contributed by atoms with van der Waals surface area (Å²) in [5.41, 5.74) is 6.17. The summed E-state index contributed by atoms with van der Waals surface area (Å²) in [7, 11) is -3.40. The Hall–Kier alpha value is -0.850. The van der Waals surface area contributed by atoms with Gasteiger partial charge in [0.2, 0.25) is 10.0 Å². The Balaban J connectivity index is 2.37. The van der Waals surface area contributed by atoms with Crippen LogP contribution in [0.3, 0.4) is 0 Å². The van der Waals surface area contributed by atoms with E-state index in [1.165, 1.54) is 10.4 Å². The molecule has 1 aromatic rings. The first-order valence-corrected chi connectivity index (χ1v) is 7.45. The molecule has 2 N–H and O–H groups in total. The van der Waals surface area contributed by atoms with Crippen LogP contribution in [0.1, 0.15) is 6.42 Å². The van der Waals surface area contributed by atoms with Gasteiger partial charge in [-0.25, -0.2) is 8.42 Å². The third-order valence-electron chi connectivity index (χ3n) is 2.63. The fourth-order valence-electron chi connectivity index (χ4n) is 1.66. The molecule has 0 aromatic heterocycles. The third kappa shape index (κ3) is 2.53. The molecule has 1 aromatic carbocycles. The van der Waals surface area contributed by atoms with E-state index in [1.807, 2.05) is 12.2 Å². The van der Waals surface area contributed by atoms with Crippen LogP contribution in [0.2, 0.25) is 0 Å². The third-order valence-corrected chi connectivity index (χ3v) is 5.18. The number of nitrogens with two attached hydrogens (primary N) is 1. The van der Waals surface area contributed by atoms with Gasteiger partial charge in [-0.15, -0.1) is 0 Å². The van der Waals surface area contributed by atoms with E-state index in [4.69, 9.17) is 5.73 Å². The van der Waals surface area contributed by atoms with E-state index in [0.29, 0.717) is 23.2 Å². The second-order valence-corrected chi connectivity index (χ2v) is 6.60. The lowest BCUT2D eigenvalue weighted by Crippen LogP contribution is -2.33. The van der Waals surface area contributed by atoms with Crippen LogP contribution >= 0.6 is 15.9 Å². The summed E-state index contributed by atoms with van der Waals surface area (Å²) in [5.74, 6) is 0. The van der Waals surface area contributed by atoms with Crippen molar-refractivity contribution in [2.45, 2.75) is 11.3 Å². The van der Waals surface area contributed by atoms with Gasteiger partial charge in [-0.3, -0.25) is 0 Å². The van der Waals surface area contributed by atoms with E-state index >= 15 is 0 Å². The van der Waals surface area contributed by atoms with Crippen LogP contribution in [0, 0.1) is 0 Å². The van der Waals surface area contributed by atoms with E-state index in [-0.39, 0.29) is 4.90 Å². The van der Waals surface area contributed by atoms with Crippen LogP contribution in [-0.2, 0) is 10.0 Å². The maximum atomic E-state index is 12.3. The number of hydrogen-bond acceptors (Lipinski definition) is 3. The number of hydrogen-bond donors (Lipinski definition) is 1. The molecule has 1 aliphatic rings. The SMILES string of the molecule is Nc1ccc(S(=O)(=O)N2CC=CCC2)cc1Br. The summed E-state index contributed by atoms with van der Waals surface area (Å²) in [6.07, 6.45) is 4.62. The lowest BCUT2D eigenvalue weighted by molar-refractivity contribution is 0.437. The molecule has 6 heteroatoms. The number of halogens is 1. The van der Waals surface area contributed by atoms with Gasteiger partial charge in [0.1, 0.15) is 0 Å². The molecule has 0 saturated heterocycles. The normalized spacial score (nSPS) is 17.2. The average molecular weight is 317 g/mol. The van der Waals surface area contributed by atoms with Crippen molar-refractivity contribution in [2.75, 3.05) is 18.8 Å². The molecule has 0 spiro atoms. The van der Waals surface area contributed by atoms with E-state index in [9.17, 15) is 8.42 Å². The van der Waals surface area contributed by atoms with Gasteiger partial charge in [0.25, 0.3) is 0 Å². The summed E-state index contributed by atoms with van der Waals surface area (Å²) in [6, 6.07) is 4.67. The highest BCUT2D eigenvalue weighted by Crippen LogP contribution is 2.25. The lowest BCUT2D eigenvalue weighted by atomic mass is 10.3. The van der Waals surface area contributed by atoms with E-state index < -0.39 is 10.0 Å². The maximum Gasteiger partial charge on any atom is 0.243 e. The summed E-state index contributed by atoms with van der Waals surface area (Å²) in [6.45, 7) is 0.963. The Bertz CT molecular complexity index is 555. The molecular formula is C11H13BrN2O2S. The van der Waals surface area contributed by atoms with Crippen LogP contribution in [0.4, 0.5) is 5.69 Å². The molecule has 92 valence electrons. The highest BCUT2D eigenvalue weighted by molar-refractivity contribution is 9.10. The van der Waals surface area contributed by atoms with E-state index in [2.05, 4.69) is 15.9 Å². The number of anilines is 1. The first-order chi connectivity index (χ1) is 8.01. The first kappa shape index (κ1) is 12.6. The molecule has 17 heavy (non-hydrogen) atoms. The topological polar surface area (TPSA) is 63.4 Å². The van der Waals surface area contributed by atoms with Crippen LogP contribution in [0.15, 0.2) is 39.7 Å². The van der Waals surface area contributed by atoms with Gasteiger partial charge in [0, 0.05) is 23.2 Å². The molecule has 1 heterocycles. The van der Waals surface area contributed by atoms with Gasteiger partial charge in [-0.2, -0.15) is 4.31 Å². The predicted molar refractivity (Wildman–Crippen MR) is 71.1 cm³/mol. The molecule has 0 amide bonds. The molecule has 0 bridgehead atoms. The van der Waals surface area contributed by atoms with Crippen molar-refractivity contribution in [1.29, 1.82) is 0 Å². The molecule has 0 fully saturated rings. The number of sulfonamides is 1. The summed E-state index contributed by atoms with van der Waals surface area (Å²) >= 11 is 3.24. The van der Waals surface area contributed by atoms with Crippen LogP contribution in [0.5, 0.6) is 0 Å². The largest absolute Gasteiger partial charge is 0.398 e. The predicted octanol–water partition coefficient (Wildman–Crippen LogP) is 1.98. The second-order valence-electron chi connectivity index (χ2n) is 3.81. The summed E-state index contributed by atoms with van der Waals surface area (Å²) < 4.78 is 26.6. The Morgan fingerprint density at radius 1 is 1.29 bits per heavy atom. The molecule has 2 rings (SSSR count). The monoisotopic (exact) mass is 316 g/mol. The number of rotatable bonds is 2. The number of benzene rings is 1. The fraction of sp³-hybridized carbons (Fsp3) is 0.273. The molecule has 0 radical (unpaired) electrons. The second kappa shape index (κ2) is 4.80. The lowest BCUT2D eigenvalue weighted by Gasteiger charge is -2.22. The zero-order chi connectivity index (χ0) is 12.5. The quantitative estimate of drug-likeness (QED) is 0.670. The van der Waals surface area contributed by atoms with Crippen molar-refractivity contribution in [2.24, 2.45) is 0 Å². The summed E-state index contributed by atoms with van der Waals surface area (Å²) in [5, 5.41) is 0. The zero-order valence-corrected chi connectivity index (χ0v) is 11.5. The van der Waals surface area contributed by atoms with Crippen molar-refractivity contribution in [1.82, 2.24) is 4.31 Å². The average Bonchev–Trinajstić information content (AvgIpc) is 2.33. The molecule has 1 aliphatic heterocycles. The molecule has 0 saturated carbocycles. The molecule has 0 atom stereocenters. The van der Waals surface area contributed by atoms with Gasteiger partial charge in [0.15, 0.2) is 0 Å². The van der Waals surface area contributed by atoms with Gasteiger partial charge in [0.05, 0.1) is 4.90 Å². The Kier molecular flexibility index (Phi) is 3.56. The van der Waals surface area contributed by atoms with Gasteiger partial charge in [-0.1, -0.05) is 12.2 Å². The smallest absolute Gasteiger partial charge is 0.243 e. The van der Waals surface area contributed by atoms with Crippen molar-refractivity contribution < 1.29 is 8.42 Å². The van der Waals surface area contributed by atoms with Crippen molar-refractivity contribution in [3.8, 4) is 0 Å². The first-order valence-electron chi connectivity index (χ1n) is 5.22. The number of nitrogen functional groups attached to an aromatic ring is 1.